The average molecular weight is 550 g/mol. The highest BCUT2D eigenvalue weighted by Crippen LogP contribution is 2.34. The number of nitrogens with one attached hydrogen (secondary N) is 1. The highest BCUT2D eigenvalue weighted by Gasteiger charge is 2.30. The lowest BCUT2D eigenvalue weighted by Crippen LogP contribution is -2.43. The maximum absolute atomic E-state index is 13.9. The quantitative estimate of drug-likeness (QED) is 0.404. The van der Waals surface area contributed by atoms with Crippen molar-refractivity contribution in [2.75, 3.05) is 19.6 Å². The van der Waals surface area contributed by atoms with Gasteiger partial charge in [0.25, 0.3) is 5.56 Å². The van der Waals surface area contributed by atoms with Crippen LogP contribution in [0.25, 0.3) is 10.8 Å². The largest absolute Gasteiger partial charge is 0.341 e. The number of carbonyl (C=O) groups excluding carboxylic acids is 2. The summed E-state index contributed by atoms with van der Waals surface area (Å²) in [6.07, 6.45) is 8.82. The maximum Gasteiger partial charge on any atom is 0.259 e. The van der Waals surface area contributed by atoms with E-state index in [9.17, 15) is 23.2 Å². The summed E-state index contributed by atoms with van der Waals surface area (Å²) in [4.78, 5) is 41.1. The molecule has 1 aromatic heterocycles. The number of benzene rings is 2. The topological polar surface area (TPSA) is 71.4 Å². The van der Waals surface area contributed by atoms with Crippen LogP contribution in [0, 0.1) is 17.6 Å². The van der Waals surface area contributed by atoms with E-state index in [2.05, 4.69) is 5.32 Å². The Morgan fingerprint density at radius 3 is 2.55 bits per heavy atom. The number of fused-ring (bicyclic) bond motifs is 1. The third kappa shape index (κ3) is 6.17. The summed E-state index contributed by atoms with van der Waals surface area (Å²) in [6.45, 7) is 2.96. The molecular formula is C32H37F2N3O3. The molecule has 0 bridgehead atoms. The Bertz CT molecular complexity index is 1450. The molecule has 0 radical (unpaired) electrons. The van der Waals surface area contributed by atoms with Crippen molar-refractivity contribution < 1.29 is 18.4 Å². The summed E-state index contributed by atoms with van der Waals surface area (Å²) < 4.78 is 28.7. The van der Waals surface area contributed by atoms with Crippen molar-refractivity contribution in [1.82, 2.24) is 14.8 Å². The van der Waals surface area contributed by atoms with E-state index in [1.54, 1.807) is 17.7 Å². The molecule has 2 aliphatic rings. The van der Waals surface area contributed by atoms with Gasteiger partial charge in [-0.2, -0.15) is 0 Å². The summed E-state index contributed by atoms with van der Waals surface area (Å²) in [5.74, 6) is -1.04. The first-order chi connectivity index (χ1) is 19.3. The minimum atomic E-state index is -0.637. The van der Waals surface area contributed by atoms with Gasteiger partial charge in [-0.1, -0.05) is 37.5 Å². The lowest BCUT2D eigenvalue weighted by atomic mass is 9.82. The zero-order chi connectivity index (χ0) is 28.2. The molecule has 0 spiro atoms. The molecule has 1 saturated heterocycles. The molecule has 1 aliphatic heterocycles. The average Bonchev–Trinajstić information content (AvgIpc) is 2.96. The Hall–Kier alpha value is -3.39. The van der Waals surface area contributed by atoms with Gasteiger partial charge in [0, 0.05) is 48.8 Å². The van der Waals surface area contributed by atoms with Crippen LogP contribution in [0.15, 0.2) is 53.5 Å². The second-order valence-corrected chi connectivity index (χ2v) is 11.3. The van der Waals surface area contributed by atoms with E-state index in [1.807, 2.05) is 29.2 Å². The third-order valence-corrected chi connectivity index (χ3v) is 8.62. The van der Waals surface area contributed by atoms with Crippen molar-refractivity contribution in [2.45, 2.75) is 70.4 Å². The molecule has 1 unspecified atom stereocenters. The molecule has 6 nitrogen and oxygen atoms in total. The van der Waals surface area contributed by atoms with Gasteiger partial charge in [0.2, 0.25) is 5.91 Å². The fourth-order valence-electron chi connectivity index (χ4n) is 6.51. The van der Waals surface area contributed by atoms with E-state index >= 15 is 0 Å². The number of hydrogen-bond donors (Lipinski definition) is 1. The van der Waals surface area contributed by atoms with Crippen molar-refractivity contribution >= 4 is 22.5 Å². The molecule has 2 heterocycles. The number of amides is 1. The molecule has 1 saturated carbocycles. The van der Waals surface area contributed by atoms with E-state index in [-0.39, 0.29) is 42.2 Å². The van der Waals surface area contributed by atoms with Crippen molar-refractivity contribution in [2.24, 2.45) is 5.92 Å². The van der Waals surface area contributed by atoms with Gasteiger partial charge in [-0.05, 0) is 67.7 Å². The van der Waals surface area contributed by atoms with Crippen LogP contribution in [-0.2, 0) is 16.1 Å². The number of pyridine rings is 1. The van der Waals surface area contributed by atoms with Crippen molar-refractivity contribution in [3.05, 3.63) is 81.8 Å². The second kappa shape index (κ2) is 12.4. The zero-order valence-electron chi connectivity index (χ0n) is 23.0. The van der Waals surface area contributed by atoms with Crippen molar-refractivity contribution in [3.8, 4) is 0 Å². The molecule has 2 atom stereocenters. The van der Waals surface area contributed by atoms with Crippen LogP contribution in [0.4, 0.5) is 8.78 Å². The molecule has 5 rings (SSSR count). The van der Waals surface area contributed by atoms with Crippen LogP contribution < -0.4 is 10.9 Å². The Balaban J connectivity index is 1.29. The second-order valence-electron chi connectivity index (χ2n) is 11.3. The van der Waals surface area contributed by atoms with E-state index in [1.165, 1.54) is 18.6 Å². The van der Waals surface area contributed by atoms with Crippen molar-refractivity contribution in [3.63, 3.8) is 0 Å². The predicted molar refractivity (Wildman–Crippen MR) is 151 cm³/mol. The normalized spacial score (nSPS) is 19.1. The number of ketones is 1. The number of aromatic nitrogens is 1. The number of halogens is 2. The molecule has 1 amide bonds. The van der Waals surface area contributed by atoms with Crippen molar-refractivity contribution in [1.29, 1.82) is 0 Å². The SMILES string of the molecule is CC(=O)[C@@H](C1CCCCC1)n1ccc2ccc(C3CCCN(C(=O)CNCc4ccc(F)cc4F)C3)cc2c1=O. The first kappa shape index (κ1) is 28.1. The van der Waals surface area contributed by atoms with Gasteiger partial charge in [0.1, 0.15) is 11.6 Å². The van der Waals surface area contributed by atoms with Gasteiger partial charge in [-0.15, -0.1) is 0 Å². The summed E-state index contributed by atoms with van der Waals surface area (Å²) in [5, 5.41) is 4.42. The van der Waals surface area contributed by atoms with E-state index in [0.717, 1.165) is 55.5 Å². The Morgan fingerprint density at radius 2 is 1.80 bits per heavy atom. The molecule has 2 fully saturated rings. The Morgan fingerprint density at radius 1 is 1.00 bits per heavy atom. The van der Waals surface area contributed by atoms with Gasteiger partial charge in [-0.25, -0.2) is 8.78 Å². The molecular weight excluding hydrogens is 512 g/mol. The molecule has 40 heavy (non-hydrogen) atoms. The number of carbonyl (C=O) groups is 2. The number of hydrogen-bond acceptors (Lipinski definition) is 4. The summed E-state index contributed by atoms with van der Waals surface area (Å²) >= 11 is 0. The van der Waals surface area contributed by atoms with E-state index < -0.39 is 17.7 Å². The van der Waals surface area contributed by atoms with Crippen LogP contribution in [0.3, 0.4) is 0 Å². The number of Topliss-reactive ketones (excluding diaryl/α,β-unsaturated/α-hetero) is 1. The van der Waals surface area contributed by atoms with Gasteiger partial charge in [0.15, 0.2) is 5.78 Å². The monoisotopic (exact) mass is 549 g/mol. The molecule has 8 heteroatoms. The number of piperidine rings is 1. The fourth-order valence-corrected chi connectivity index (χ4v) is 6.51. The number of rotatable bonds is 8. The predicted octanol–water partition coefficient (Wildman–Crippen LogP) is 5.49. The minimum absolute atomic E-state index is 0.0294. The Labute approximate surface area is 233 Å². The van der Waals surface area contributed by atoms with Gasteiger partial charge in [0.05, 0.1) is 12.6 Å². The van der Waals surface area contributed by atoms with E-state index in [4.69, 9.17) is 0 Å². The molecule has 1 aliphatic carbocycles. The van der Waals surface area contributed by atoms with Gasteiger partial charge >= 0.3 is 0 Å². The first-order valence-electron chi connectivity index (χ1n) is 14.4. The minimum Gasteiger partial charge on any atom is -0.341 e. The van der Waals surface area contributed by atoms with Crippen LogP contribution >= 0.6 is 0 Å². The maximum atomic E-state index is 13.9. The molecule has 3 aromatic rings. The summed E-state index contributed by atoms with van der Waals surface area (Å²) in [7, 11) is 0. The summed E-state index contributed by atoms with van der Waals surface area (Å²) in [6, 6.07) is 10.8. The van der Waals surface area contributed by atoms with Gasteiger partial charge in [-0.3, -0.25) is 14.4 Å². The van der Waals surface area contributed by atoms with Crippen LogP contribution in [-0.4, -0.2) is 40.8 Å². The summed E-state index contributed by atoms with van der Waals surface area (Å²) in [5.41, 5.74) is 1.19. The fraction of sp³-hybridized carbons (Fsp3) is 0.469. The smallest absolute Gasteiger partial charge is 0.259 e. The van der Waals surface area contributed by atoms with Crippen LogP contribution in [0.5, 0.6) is 0 Å². The zero-order valence-corrected chi connectivity index (χ0v) is 23.0. The Kier molecular flexibility index (Phi) is 8.74. The molecule has 2 aromatic carbocycles. The standard InChI is InChI=1S/C32H37F2N3O3/c1-21(38)31(23-6-3-2-4-7-23)37-15-13-22-9-10-24(16-28(22)32(37)40)26-8-5-14-36(20-26)30(39)19-35-18-25-11-12-27(33)17-29(25)34/h9-13,15-17,23,26,31,35H,2-8,14,18-20H2,1H3/t26?,31-/m0/s1. The van der Waals surface area contributed by atoms with E-state index in [0.29, 0.717) is 24.0 Å². The number of likely N-dealkylation sites (tertiary alicyclic amines) is 1. The van der Waals surface area contributed by atoms with Crippen LogP contribution in [0.2, 0.25) is 0 Å². The number of nitrogens with zero attached hydrogens (tertiary/aromatic N) is 2. The highest BCUT2D eigenvalue weighted by molar-refractivity contribution is 5.84. The van der Waals surface area contributed by atoms with Gasteiger partial charge < -0.3 is 14.8 Å². The lowest BCUT2D eigenvalue weighted by molar-refractivity contribution is -0.131. The molecule has 212 valence electrons. The first-order valence-corrected chi connectivity index (χ1v) is 14.4. The lowest BCUT2D eigenvalue weighted by Gasteiger charge is -2.33. The molecule has 1 N–H and O–H groups in total. The van der Waals surface area contributed by atoms with Crippen LogP contribution in [0.1, 0.15) is 75.0 Å². The highest BCUT2D eigenvalue weighted by atomic mass is 19.1. The third-order valence-electron chi connectivity index (χ3n) is 8.62.